The van der Waals surface area contributed by atoms with E-state index < -0.39 is 5.91 Å². The number of rotatable bonds is 6. The standard InChI is InChI=1S/C16H14FN5O2.C5H13N/c1-9-5-11(3-4-12(9)17)7-18-15(24)13-6-14(10(2)23)22-16(21-13)19-8-20-22;1-5(2)3-4-6/h3-6,8H,7H2,1-2H3,(H,18,24);5H,3-4,6H2,1-2H3. The van der Waals surface area contributed by atoms with Crippen LogP contribution in [0.25, 0.3) is 5.78 Å². The zero-order chi connectivity index (χ0) is 22.3. The molecular weight excluding hydrogens is 387 g/mol. The molecule has 3 rings (SSSR count). The molecule has 0 aliphatic heterocycles. The maximum Gasteiger partial charge on any atom is 0.270 e. The number of aryl methyl sites for hydroxylation is 1. The predicted octanol–water partition coefficient (Wildman–Crippen LogP) is 2.70. The third kappa shape index (κ3) is 6.15. The number of nitrogens with one attached hydrogen (secondary N) is 1. The van der Waals surface area contributed by atoms with Crippen LogP contribution >= 0.6 is 0 Å². The van der Waals surface area contributed by atoms with E-state index in [9.17, 15) is 14.0 Å². The molecule has 30 heavy (non-hydrogen) atoms. The van der Waals surface area contributed by atoms with Gasteiger partial charge in [0.25, 0.3) is 11.7 Å². The summed E-state index contributed by atoms with van der Waals surface area (Å²) in [5.74, 6) is -0.0586. The smallest absolute Gasteiger partial charge is 0.270 e. The topological polar surface area (TPSA) is 115 Å². The summed E-state index contributed by atoms with van der Waals surface area (Å²) in [7, 11) is 0. The average molecular weight is 414 g/mol. The maximum absolute atomic E-state index is 13.3. The molecule has 3 aromatic rings. The highest BCUT2D eigenvalue weighted by atomic mass is 19.1. The van der Waals surface area contributed by atoms with Gasteiger partial charge in [-0.05, 0) is 49.1 Å². The summed E-state index contributed by atoms with van der Waals surface area (Å²) in [6, 6.07) is 5.98. The molecule has 2 heterocycles. The number of benzene rings is 1. The number of hydrogen-bond acceptors (Lipinski definition) is 6. The second-order valence-corrected chi connectivity index (χ2v) is 7.29. The van der Waals surface area contributed by atoms with Crippen LogP contribution in [0.15, 0.2) is 30.6 Å². The highest BCUT2D eigenvalue weighted by molar-refractivity contribution is 5.98. The number of ketones is 1. The zero-order valence-corrected chi connectivity index (χ0v) is 17.6. The normalized spacial score (nSPS) is 10.6. The quantitative estimate of drug-likeness (QED) is 0.599. The van der Waals surface area contributed by atoms with Crippen LogP contribution < -0.4 is 11.1 Å². The number of carbonyl (C=O) groups is 2. The largest absolute Gasteiger partial charge is 0.347 e. The minimum absolute atomic E-state index is 0.0690. The minimum atomic E-state index is -0.454. The molecule has 0 bridgehead atoms. The molecule has 0 unspecified atom stereocenters. The first-order valence-electron chi connectivity index (χ1n) is 9.68. The Balaban J connectivity index is 0.000000469. The number of halogens is 1. The number of fused-ring (bicyclic) bond motifs is 1. The number of nitrogens with two attached hydrogens (primary N) is 1. The summed E-state index contributed by atoms with van der Waals surface area (Å²) >= 11 is 0. The molecule has 0 aliphatic carbocycles. The van der Waals surface area contributed by atoms with Gasteiger partial charge < -0.3 is 11.1 Å². The van der Waals surface area contributed by atoms with Gasteiger partial charge in [-0.25, -0.2) is 9.37 Å². The fraction of sp³-hybridized carbons (Fsp3) is 0.381. The van der Waals surface area contributed by atoms with Gasteiger partial charge in [0.2, 0.25) is 0 Å². The van der Waals surface area contributed by atoms with Crippen molar-refractivity contribution in [2.45, 2.75) is 40.7 Å². The van der Waals surface area contributed by atoms with Gasteiger partial charge in [0.1, 0.15) is 23.5 Å². The van der Waals surface area contributed by atoms with Crippen molar-refractivity contribution in [3.63, 3.8) is 0 Å². The SMILES string of the molecule is CC(=O)c1cc(C(=O)NCc2ccc(F)c(C)c2)nc2ncnn12.CC(C)CCN. The Bertz CT molecular complexity index is 1030. The summed E-state index contributed by atoms with van der Waals surface area (Å²) in [6.07, 6.45) is 2.41. The number of Topliss-reactive ketones (excluding diaryl/α,β-unsaturated/α-hetero) is 1. The van der Waals surface area contributed by atoms with Crippen LogP contribution in [0.3, 0.4) is 0 Å². The number of aromatic nitrogens is 4. The second kappa shape index (κ2) is 10.5. The number of carbonyl (C=O) groups excluding carboxylic acids is 2. The predicted molar refractivity (Wildman–Crippen MR) is 112 cm³/mol. The number of hydrogen-bond donors (Lipinski definition) is 2. The molecule has 0 saturated carbocycles. The lowest BCUT2D eigenvalue weighted by molar-refractivity contribution is 0.0946. The molecule has 0 aliphatic rings. The lowest BCUT2D eigenvalue weighted by Gasteiger charge is -2.07. The molecule has 0 radical (unpaired) electrons. The summed E-state index contributed by atoms with van der Waals surface area (Å²) in [5, 5.41) is 6.60. The van der Waals surface area contributed by atoms with Crippen molar-refractivity contribution in [1.29, 1.82) is 0 Å². The van der Waals surface area contributed by atoms with E-state index in [0.717, 1.165) is 24.4 Å². The molecule has 160 valence electrons. The highest BCUT2D eigenvalue weighted by Crippen LogP contribution is 2.10. The van der Waals surface area contributed by atoms with Gasteiger partial charge in [0.15, 0.2) is 5.78 Å². The van der Waals surface area contributed by atoms with E-state index >= 15 is 0 Å². The molecule has 1 aromatic carbocycles. The molecule has 3 N–H and O–H groups in total. The lowest BCUT2D eigenvalue weighted by atomic mass is 10.1. The molecule has 0 spiro atoms. The molecular formula is C21H27FN6O2. The van der Waals surface area contributed by atoms with Crippen molar-refractivity contribution >= 4 is 17.5 Å². The number of nitrogens with zero attached hydrogens (tertiary/aromatic N) is 4. The molecule has 8 nitrogen and oxygen atoms in total. The van der Waals surface area contributed by atoms with Crippen molar-refractivity contribution in [3.8, 4) is 0 Å². The van der Waals surface area contributed by atoms with E-state index in [1.54, 1.807) is 19.1 Å². The van der Waals surface area contributed by atoms with Crippen molar-refractivity contribution in [2.24, 2.45) is 11.7 Å². The van der Waals surface area contributed by atoms with Gasteiger partial charge in [-0.15, -0.1) is 0 Å². The first-order chi connectivity index (χ1) is 14.2. The van der Waals surface area contributed by atoms with Crippen molar-refractivity contribution in [1.82, 2.24) is 24.9 Å². The van der Waals surface area contributed by atoms with Crippen LogP contribution in [0, 0.1) is 18.7 Å². The van der Waals surface area contributed by atoms with Crippen molar-refractivity contribution in [2.75, 3.05) is 6.54 Å². The van der Waals surface area contributed by atoms with Crippen LogP contribution in [0.2, 0.25) is 0 Å². The minimum Gasteiger partial charge on any atom is -0.347 e. The van der Waals surface area contributed by atoms with E-state index in [1.165, 1.54) is 29.9 Å². The molecule has 0 fully saturated rings. The van der Waals surface area contributed by atoms with Gasteiger partial charge in [-0.1, -0.05) is 26.0 Å². The molecule has 2 aromatic heterocycles. The van der Waals surface area contributed by atoms with E-state index in [2.05, 4.69) is 34.2 Å². The number of amides is 1. The Morgan fingerprint density at radius 3 is 2.57 bits per heavy atom. The van der Waals surface area contributed by atoms with Gasteiger partial charge in [-0.3, -0.25) is 9.59 Å². The summed E-state index contributed by atoms with van der Waals surface area (Å²) in [5.41, 5.74) is 6.79. The highest BCUT2D eigenvalue weighted by Gasteiger charge is 2.15. The molecule has 1 amide bonds. The van der Waals surface area contributed by atoms with Gasteiger partial charge in [0, 0.05) is 13.5 Å². The first-order valence-corrected chi connectivity index (χ1v) is 9.68. The maximum atomic E-state index is 13.3. The monoisotopic (exact) mass is 414 g/mol. The van der Waals surface area contributed by atoms with E-state index in [-0.39, 0.29) is 35.3 Å². The van der Waals surface area contributed by atoms with Crippen LogP contribution in [0.4, 0.5) is 4.39 Å². The first kappa shape index (κ1) is 23.1. The average Bonchev–Trinajstić information content (AvgIpc) is 3.16. The van der Waals surface area contributed by atoms with E-state index in [1.807, 2.05) is 0 Å². The molecule has 0 atom stereocenters. The van der Waals surface area contributed by atoms with Crippen LogP contribution in [0.5, 0.6) is 0 Å². The van der Waals surface area contributed by atoms with Gasteiger partial charge >= 0.3 is 0 Å². The third-order valence-corrected chi connectivity index (χ3v) is 4.26. The Labute approximate surface area is 174 Å². The summed E-state index contributed by atoms with van der Waals surface area (Å²) < 4.78 is 14.5. The Morgan fingerprint density at radius 1 is 1.27 bits per heavy atom. The van der Waals surface area contributed by atoms with Crippen LogP contribution in [-0.4, -0.2) is 37.8 Å². The van der Waals surface area contributed by atoms with Gasteiger partial charge in [0.05, 0.1) is 0 Å². The van der Waals surface area contributed by atoms with Crippen LogP contribution in [0.1, 0.15) is 59.3 Å². The summed E-state index contributed by atoms with van der Waals surface area (Å²) in [6.45, 7) is 8.42. The van der Waals surface area contributed by atoms with Gasteiger partial charge in [-0.2, -0.15) is 14.6 Å². The molecule has 9 heteroatoms. The summed E-state index contributed by atoms with van der Waals surface area (Å²) in [4.78, 5) is 32.0. The van der Waals surface area contributed by atoms with E-state index in [4.69, 9.17) is 5.73 Å². The van der Waals surface area contributed by atoms with Crippen molar-refractivity contribution in [3.05, 3.63) is 58.9 Å². The fourth-order valence-corrected chi connectivity index (χ4v) is 2.60. The Morgan fingerprint density at radius 2 is 2.00 bits per heavy atom. The molecule has 0 saturated heterocycles. The third-order valence-electron chi connectivity index (χ3n) is 4.26. The van der Waals surface area contributed by atoms with E-state index in [0.29, 0.717) is 5.56 Å². The Kier molecular flexibility index (Phi) is 8.11. The van der Waals surface area contributed by atoms with Crippen molar-refractivity contribution < 1.29 is 14.0 Å². The Hall–Kier alpha value is -3.20. The zero-order valence-electron chi connectivity index (χ0n) is 17.6. The fourth-order valence-electron chi connectivity index (χ4n) is 2.60. The lowest BCUT2D eigenvalue weighted by Crippen LogP contribution is -2.25. The van der Waals surface area contributed by atoms with Crippen LogP contribution in [-0.2, 0) is 6.54 Å². The second-order valence-electron chi connectivity index (χ2n) is 7.29.